The number of nitrogens with zero attached hydrogens (tertiary/aromatic N) is 2. The number of halogens is 2. The fourth-order valence-corrected chi connectivity index (χ4v) is 4.49. The molecular weight excluding hydrogens is 441 g/mol. The number of carbonyl (C=O) groups excluding carboxylic acids is 1. The number of hydrogen-bond donors (Lipinski definition) is 3. The van der Waals surface area contributed by atoms with Crippen LogP contribution in [0, 0.1) is 11.7 Å². The lowest BCUT2D eigenvalue weighted by molar-refractivity contribution is 0.246. The number of pyridine rings is 1. The molecule has 3 N–H and O–H groups in total. The predicted molar refractivity (Wildman–Crippen MR) is 134 cm³/mol. The number of benzene rings is 2. The van der Waals surface area contributed by atoms with Crippen molar-refractivity contribution in [1.29, 1.82) is 0 Å². The first-order valence-corrected chi connectivity index (χ1v) is 11.6. The molecule has 2 amide bonds. The van der Waals surface area contributed by atoms with Crippen LogP contribution >= 0.6 is 11.6 Å². The predicted octanol–water partition coefficient (Wildman–Crippen LogP) is 5.89. The Morgan fingerprint density at radius 2 is 1.88 bits per heavy atom. The van der Waals surface area contributed by atoms with Gasteiger partial charge in [0.25, 0.3) is 0 Å². The van der Waals surface area contributed by atoms with Crippen LogP contribution in [0.4, 0.5) is 26.4 Å². The summed E-state index contributed by atoms with van der Waals surface area (Å²) >= 11 is 5.76. The molecule has 0 bridgehead atoms. The number of urea groups is 1. The molecule has 0 saturated heterocycles. The maximum Gasteiger partial charge on any atom is 0.319 e. The van der Waals surface area contributed by atoms with Gasteiger partial charge < -0.3 is 20.9 Å². The van der Waals surface area contributed by atoms with Crippen LogP contribution in [0.15, 0.2) is 48.5 Å². The molecule has 1 aliphatic carbocycles. The fraction of sp³-hybridized carbons (Fsp3) is 0.360. The lowest BCUT2D eigenvalue weighted by Crippen LogP contribution is -2.36. The zero-order valence-corrected chi connectivity index (χ0v) is 19.6. The first-order valence-electron chi connectivity index (χ1n) is 11.2. The van der Waals surface area contributed by atoms with E-state index in [1.807, 2.05) is 32.3 Å². The van der Waals surface area contributed by atoms with E-state index in [-0.39, 0.29) is 11.1 Å². The van der Waals surface area contributed by atoms with E-state index < -0.39 is 5.82 Å². The van der Waals surface area contributed by atoms with Crippen molar-refractivity contribution in [3.8, 4) is 0 Å². The van der Waals surface area contributed by atoms with Gasteiger partial charge in [0.15, 0.2) is 0 Å². The molecule has 0 atom stereocenters. The standard InChI is InChI=1S/C25H29ClFN5O/c1-32(2)23-14-24(31-22-6-4-3-5-19(22)23)29-17-9-7-16(8-10-17)15-28-25(33)30-18-11-12-21(27)20(26)13-18/h3-6,11-14,16-17H,7-10,15H2,1-2H3,(H,29,31)(H2,28,30,33)/t16-,17+. The van der Waals surface area contributed by atoms with E-state index in [9.17, 15) is 9.18 Å². The highest BCUT2D eigenvalue weighted by Crippen LogP contribution is 2.30. The summed E-state index contributed by atoms with van der Waals surface area (Å²) in [5.74, 6) is 0.814. The lowest BCUT2D eigenvalue weighted by atomic mass is 9.86. The van der Waals surface area contributed by atoms with Gasteiger partial charge in [-0.3, -0.25) is 0 Å². The van der Waals surface area contributed by atoms with Crippen molar-refractivity contribution in [2.45, 2.75) is 31.7 Å². The zero-order valence-electron chi connectivity index (χ0n) is 18.9. The summed E-state index contributed by atoms with van der Waals surface area (Å²) in [6, 6.07) is 14.5. The van der Waals surface area contributed by atoms with E-state index >= 15 is 0 Å². The largest absolute Gasteiger partial charge is 0.377 e. The molecule has 1 aromatic heterocycles. The van der Waals surface area contributed by atoms with Gasteiger partial charge in [-0.15, -0.1) is 0 Å². The minimum absolute atomic E-state index is 0.0165. The van der Waals surface area contributed by atoms with E-state index in [0.29, 0.717) is 24.2 Å². The van der Waals surface area contributed by atoms with Gasteiger partial charge in [-0.05, 0) is 55.9 Å². The Hall–Kier alpha value is -3.06. The molecule has 6 nitrogen and oxygen atoms in total. The molecule has 2 aromatic carbocycles. The topological polar surface area (TPSA) is 69.3 Å². The summed E-state index contributed by atoms with van der Waals surface area (Å²) in [5, 5.41) is 10.4. The number of nitrogens with one attached hydrogen (secondary N) is 3. The molecule has 1 heterocycles. The van der Waals surface area contributed by atoms with Gasteiger partial charge in [0.1, 0.15) is 11.6 Å². The second kappa shape index (κ2) is 10.3. The quantitative estimate of drug-likeness (QED) is 0.421. The summed E-state index contributed by atoms with van der Waals surface area (Å²) in [6.07, 6.45) is 4.09. The van der Waals surface area contributed by atoms with Crippen molar-refractivity contribution in [3.63, 3.8) is 0 Å². The van der Waals surface area contributed by atoms with E-state index in [0.717, 1.165) is 48.1 Å². The monoisotopic (exact) mass is 469 g/mol. The summed E-state index contributed by atoms with van der Waals surface area (Å²) in [5.41, 5.74) is 2.60. The van der Waals surface area contributed by atoms with Crippen molar-refractivity contribution in [1.82, 2.24) is 10.3 Å². The maximum atomic E-state index is 13.2. The van der Waals surface area contributed by atoms with Crippen LogP contribution in [0.1, 0.15) is 25.7 Å². The van der Waals surface area contributed by atoms with Crippen LogP contribution in [0.5, 0.6) is 0 Å². The number of aromatic nitrogens is 1. The van der Waals surface area contributed by atoms with Gasteiger partial charge in [-0.25, -0.2) is 14.2 Å². The Kier molecular flexibility index (Phi) is 7.18. The average molecular weight is 470 g/mol. The van der Waals surface area contributed by atoms with Crippen LogP contribution in [-0.4, -0.2) is 37.7 Å². The van der Waals surface area contributed by atoms with Gasteiger partial charge in [-0.2, -0.15) is 0 Å². The third kappa shape index (κ3) is 5.85. The summed E-state index contributed by atoms with van der Waals surface area (Å²) in [6.45, 7) is 0.604. The Labute approximate surface area is 198 Å². The SMILES string of the molecule is CN(C)c1cc(N[C@H]2CC[C@@H](CNC(=O)Nc3ccc(F)c(Cl)c3)CC2)nc2ccccc12. The molecule has 4 rings (SSSR count). The van der Waals surface area contributed by atoms with Crippen molar-refractivity contribution in [3.05, 3.63) is 59.4 Å². The van der Waals surface area contributed by atoms with Crippen LogP contribution < -0.4 is 20.9 Å². The van der Waals surface area contributed by atoms with Gasteiger partial charge >= 0.3 is 6.03 Å². The minimum Gasteiger partial charge on any atom is -0.377 e. The molecule has 0 unspecified atom stereocenters. The Morgan fingerprint density at radius 1 is 1.12 bits per heavy atom. The van der Waals surface area contributed by atoms with E-state index in [1.54, 1.807) is 0 Å². The number of fused-ring (bicyclic) bond motifs is 1. The zero-order chi connectivity index (χ0) is 23.4. The Balaban J connectivity index is 1.27. The van der Waals surface area contributed by atoms with Gasteiger partial charge in [-0.1, -0.05) is 29.8 Å². The van der Waals surface area contributed by atoms with Crippen LogP contribution in [-0.2, 0) is 0 Å². The number of rotatable bonds is 6. The molecule has 0 spiro atoms. The summed E-state index contributed by atoms with van der Waals surface area (Å²) < 4.78 is 13.2. The minimum atomic E-state index is -0.509. The number of amides is 2. The number of hydrogen-bond acceptors (Lipinski definition) is 4. The highest BCUT2D eigenvalue weighted by atomic mass is 35.5. The Morgan fingerprint density at radius 3 is 2.61 bits per heavy atom. The Bertz CT molecular complexity index is 1130. The maximum absolute atomic E-state index is 13.2. The normalized spacial score (nSPS) is 18.1. The van der Waals surface area contributed by atoms with Gasteiger partial charge in [0, 0.05) is 49.5 Å². The van der Waals surface area contributed by atoms with Crippen molar-refractivity contribution in [2.24, 2.45) is 5.92 Å². The highest BCUT2D eigenvalue weighted by Gasteiger charge is 2.22. The second-order valence-corrected chi connectivity index (χ2v) is 9.17. The van der Waals surface area contributed by atoms with Gasteiger partial charge in [0.05, 0.1) is 10.5 Å². The molecule has 3 aromatic rings. The third-order valence-electron chi connectivity index (χ3n) is 6.10. The summed E-state index contributed by atoms with van der Waals surface area (Å²) in [7, 11) is 4.09. The first kappa shape index (κ1) is 23.1. The van der Waals surface area contributed by atoms with Crippen LogP contribution in [0.2, 0.25) is 5.02 Å². The molecule has 0 radical (unpaired) electrons. The second-order valence-electron chi connectivity index (χ2n) is 8.76. The fourth-order valence-electron chi connectivity index (χ4n) is 4.31. The molecule has 174 valence electrons. The highest BCUT2D eigenvalue weighted by molar-refractivity contribution is 6.31. The van der Waals surface area contributed by atoms with Crippen molar-refractivity contribution in [2.75, 3.05) is 36.2 Å². The van der Waals surface area contributed by atoms with E-state index in [1.165, 1.54) is 18.2 Å². The van der Waals surface area contributed by atoms with E-state index in [2.05, 4.69) is 33.0 Å². The van der Waals surface area contributed by atoms with Crippen molar-refractivity contribution >= 4 is 45.7 Å². The van der Waals surface area contributed by atoms with Crippen LogP contribution in [0.3, 0.4) is 0 Å². The number of para-hydroxylation sites is 1. The van der Waals surface area contributed by atoms with Crippen LogP contribution in [0.25, 0.3) is 10.9 Å². The number of anilines is 3. The van der Waals surface area contributed by atoms with E-state index in [4.69, 9.17) is 16.6 Å². The van der Waals surface area contributed by atoms with Gasteiger partial charge in [0.2, 0.25) is 0 Å². The third-order valence-corrected chi connectivity index (χ3v) is 6.39. The smallest absolute Gasteiger partial charge is 0.319 e. The lowest BCUT2D eigenvalue weighted by Gasteiger charge is -2.30. The molecular formula is C25H29ClFN5O. The number of carbonyl (C=O) groups is 1. The molecule has 1 aliphatic rings. The molecule has 1 fully saturated rings. The van der Waals surface area contributed by atoms with Crippen molar-refractivity contribution < 1.29 is 9.18 Å². The first-order chi connectivity index (χ1) is 15.9. The average Bonchev–Trinajstić information content (AvgIpc) is 2.80. The molecule has 0 aliphatic heterocycles. The molecule has 1 saturated carbocycles. The summed E-state index contributed by atoms with van der Waals surface area (Å²) in [4.78, 5) is 19.1. The molecule has 8 heteroatoms. The molecule has 33 heavy (non-hydrogen) atoms.